The molecule has 0 atom stereocenters. The highest BCUT2D eigenvalue weighted by atomic mass is 32.1. The van der Waals surface area contributed by atoms with Crippen LogP contribution in [-0.4, -0.2) is 18.1 Å². The molecule has 0 amide bonds. The minimum atomic E-state index is 0.486. The van der Waals surface area contributed by atoms with Crippen molar-refractivity contribution in [1.29, 1.82) is 0 Å². The zero-order chi connectivity index (χ0) is 12.0. The highest BCUT2D eigenvalue weighted by molar-refractivity contribution is 7.11. The van der Waals surface area contributed by atoms with Crippen molar-refractivity contribution in [2.75, 3.05) is 13.2 Å². The third-order valence-electron chi connectivity index (χ3n) is 2.28. The van der Waals surface area contributed by atoms with Crippen LogP contribution in [-0.2, 0) is 17.9 Å². The number of aromatic nitrogens is 1. The topological polar surface area (TPSA) is 34.1 Å². The second kappa shape index (κ2) is 6.99. The Bertz CT molecular complexity index is 310. The van der Waals surface area contributed by atoms with Gasteiger partial charge in [0.05, 0.1) is 12.3 Å². The number of rotatable bonds is 7. The summed E-state index contributed by atoms with van der Waals surface area (Å²) in [5.41, 5.74) is 1.22. The monoisotopic (exact) mass is 242 g/mol. The molecule has 1 heterocycles. The Morgan fingerprint density at radius 1 is 1.38 bits per heavy atom. The summed E-state index contributed by atoms with van der Waals surface area (Å²) in [6, 6.07) is 0. The molecule has 0 aliphatic rings. The summed E-state index contributed by atoms with van der Waals surface area (Å²) >= 11 is 1.77. The van der Waals surface area contributed by atoms with Gasteiger partial charge >= 0.3 is 0 Å². The predicted octanol–water partition coefficient (Wildman–Crippen LogP) is 2.91. The fraction of sp³-hybridized carbons (Fsp3) is 0.750. The van der Waals surface area contributed by atoms with E-state index in [1.165, 1.54) is 10.6 Å². The van der Waals surface area contributed by atoms with E-state index in [4.69, 9.17) is 4.74 Å². The van der Waals surface area contributed by atoms with Gasteiger partial charge in [-0.2, -0.15) is 0 Å². The molecule has 0 aromatic carbocycles. The number of hydrogen-bond acceptors (Lipinski definition) is 4. The van der Waals surface area contributed by atoms with Crippen LogP contribution in [0.1, 0.15) is 49.2 Å². The van der Waals surface area contributed by atoms with E-state index in [9.17, 15) is 0 Å². The number of hydrogen-bond donors (Lipinski definition) is 1. The van der Waals surface area contributed by atoms with E-state index in [0.717, 1.165) is 24.7 Å². The van der Waals surface area contributed by atoms with Gasteiger partial charge < -0.3 is 10.1 Å². The fourth-order valence-electron chi connectivity index (χ4n) is 1.48. The van der Waals surface area contributed by atoms with Crippen LogP contribution in [0, 0.1) is 0 Å². The number of thiazole rings is 1. The van der Waals surface area contributed by atoms with Gasteiger partial charge in [-0.15, -0.1) is 11.3 Å². The Morgan fingerprint density at radius 3 is 2.69 bits per heavy atom. The SMILES string of the molecule is CCNCc1sc(COCC)nc1C(C)C. The summed E-state index contributed by atoms with van der Waals surface area (Å²) in [6.07, 6.45) is 0. The van der Waals surface area contributed by atoms with Crippen molar-refractivity contribution < 1.29 is 4.74 Å². The lowest BCUT2D eigenvalue weighted by atomic mass is 10.1. The highest BCUT2D eigenvalue weighted by Gasteiger charge is 2.13. The Hall–Kier alpha value is -0.450. The van der Waals surface area contributed by atoms with Crippen LogP contribution in [0.5, 0.6) is 0 Å². The van der Waals surface area contributed by atoms with Crippen LogP contribution in [0.2, 0.25) is 0 Å². The molecule has 1 rings (SSSR count). The van der Waals surface area contributed by atoms with Crippen molar-refractivity contribution in [3.8, 4) is 0 Å². The first-order valence-corrected chi connectivity index (χ1v) is 6.77. The van der Waals surface area contributed by atoms with E-state index >= 15 is 0 Å². The van der Waals surface area contributed by atoms with E-state index in [1.807, 2.05) is 6.92 Å². The summed E-state index contributed by atoms with van der Waals surface area (Å²) in [6.45, 7) is 11.8. The zero-order valence-electron chi connectivity index (χ0n) is 10.7. The van der Waals surface area contributed by atoms with Crippen molar-refractivity contribution >= 4 is 11.3 Å². The van der Waals surface area contributed by atoms with Crippen LogP contribution in [0.15, 0.2) is 0 Å². The molecular weight excluding hydrogens is 220 g/mol. The third-order valence-corrected chi connectivity index (χ3v) is 3.33. The molecule has 0 saturated carbocycles. The maximum atomic E-state index is 5.40. The molecule has 0 bridgehead atoms. The van der Waals surface area contributed by atoms with Crippen LogP contribution < -0.4 is 5.32 Å². The normalized spacial score (nSPS) is 11.3. The molecule has 1 N–H and O–H groups in total. The Morgan fingerprint density at radius 2 is 2.12 bits per heavy atom. The van der Waals surface area contributed by atoms with Crippen molar-refractivity contribution in [2.24, 2.45) is 0 Å². The molecule has 0 aliphatic heterocycles. The fourth-order valence-corrected chi connectivity index (χ4v) is 2.61. The quantitative estimate of drug-likeness (QED) is 0.798. The first kappa shape index (κ1) is 13.6. The maximum absolute atomic E-state index is 5.40. The van der Waals surface area contributed by atoms with E-state index in [1.54, 1.807) is 11.3 Å². The van der Waals surface area contributed by atoms with Crippen molar-refractivity contribution in [3.63, 3.8) is 0 Å². The van der Waals surface area contributed by atoms with Gasteiger partial charge in [-0.05, 0) is 19.4 Å². The Kier molecular flexibility index (Phi) is 5.95. The van der Waals surface area contributed by atoms with Crippen molar-refractivity contribution in [3.05, 3.63) is 15.6 Å². The van der Waals surface area contributed by atoms with Crippen LogP contribution in [0.4, 0.5) is 0 Å². The third kappa shape index (κ3) is 3.85. The second-order valence-electron chi connectivity index (χ2n) is 3.99. The summed E-state index contributed by atoms with van der Waals surface area (Å²) < 4.78 is 5.40. The molecule has 0 unspecified atom stereocenters. The van der Waals surface area contributed by atoms with Crippen molar-refractivity contribution in [2.45, 2.75) is 46.8 Å². The summed E-state index contributed by atoms with van der Waals surface area (Å²) in [5, 5.41) is 4.45. The van der Waals surface area contributed by atoms with Crippen LogP contribution >= 0.6 is 11.3 Å². The Labute approximate surface area is 102 Å². The van der Waals surface area contributed by atoms with Gasteiger partial charge in [0.15, 0.2) is 0 Å². The maximum Gasteiger partial charge on any atom is 0.119 e. The van der Waals surface area contributed by atoms with Crippen LogP contribution in [0.3, 0.4) is 0 Å². The molecule has 0 spiro atoms. The first-order valence-electron chi connectivity index (χ1n) is 5.95. The Balaban J connectivity index is 2.74. The molecule has 0 saturated heterocycles. The number of ether oxygens (including phenoxy) is 1. The highest BCUT2D eigenvalue weighted by Crippen LogP contribution is 2.25. The average molecular weight is 242 g/mol. The number of nitrogens with zero attached hydrogens (tertiary/aromatic N) is 1. The minimum absolute atomic E-state index is 0.486. The number of nitrogens with one attached hydrogen (secondary N) is 1. The lowest BCUT2D eigenvalue weighted by Crippen LogP contribution is -2.12. The summed E-state index contributed by atoms with van der Waals surface area (Å²) in [7, 11) is 0. The van der Waals surface area contributed by atoms with Gasteiger partial charge in [-0.3, -0.25) is 0 Å². The van der Waals surface area contributed by atoms with Gasteiger partial charge in [0, 0.05) is 18.0 Å². The molecule has 0 fully saturated rings. The lowest BCUT2D eigenvalue weighted by Gasteiger charge is -2.04. The van der Waals surface area contributed by atoms with Gasteiger partial charge in [0.2, 0.25) is 0 Å². The zero-order valence-corrected chi connectivity index (χ0v) is 11.5. The summed E-state index contributed by atoms with van der Waals surface area (Å²) in [5.74, 6) is 0.486. The average Bonchev–Trinajstić information content (AvgIpc) is 2.67. The smallest absolute Gasteiger partial charge is 0.119 e. The molecule has 4 heteroatoms. The van der Waals surface area contributed by atoms with E-state index in [-0.39, 0.29) is 0 Å². The molecular formula is C12H22N2OS. The van der Waals surface area contributed by atoms with E-state index in [0.29, 0.717) is 12.5 Å². The molecule has 1 aromatic heterocycles. The van der Waals surface area contributed by atoms with E-state index in [2.05, 4.69) is 31.1 Å². The predicted molar refractivity (Wildman–Crippen MR) is 68.9 cm³/mol. The van der Waals surface area contributed by atoms with Crippen LogP contribution in [0.25, 0.3) is 0 Å². The first-order chi connectivity index (χ1) is 7.69. The van der Waals surface area contributed by atoms with Gasteiger partial charge in [0.1, 0.15) is 5.01 Å². The molecule has 3 nitrogen and oxygen atoms in total. The molecule has 16 heavy (non-hydrogen) atoms. The molecule has 0 radical (unpaired) electrons. The largest absolute Gasteiger partial charge is 0.375 e. The molecule has 92 valence electrons. The van der Waals surface area contributed by atoms with Gasteiger partial charge in [-0.1, -0.05) is 20.8 Å². The molecule has 1 aromatic rings. The van der Waals surface area contributed by atoms with Gasteiger partial charge in [-0.25, -0.2) is 4.98 Å². The second-order valence-corrected chi connectivity index (χ2v) is 5.16. The summed E-state index contributed by atoms with van der Waals surface area (Å²) in [4.78, 5) is 6.01. The minimum Gasteiger partial charge on any atom is -0.375 e. The lowest BCUT2D eigenvalue weighted by molar-refractivity contribution is 0.133. The van der Waals surface area contributed by atoms with E-state index < -0.39 is 0 Å². The standard InChI is InChI=1S/C12H22N2OS/c1-5-13-7-10-12(9(3)4)14-11(16-10)8-15-6-2/h9,13H,5-8H2,1-4H3. The van der Waals surface area contributed by atoms with Crippen molar-refractivity contribution in [1.82, 2.24) is 10.3 Å². The molecule has 0 aliphatic carbocycles. The van der Waals surface area contributed by atoms with Gasteiger partial charge in [0.25, 0.3) is 0 Å².